The van der Waals surface area contributed by atoms with E-state index in [-0.39, 0.29) is 5.56 Å². The van der Waals surface area contributed by atoms with Crippen molar-refractivity contribution >= 4 is 50.1 Å². The molecule has 8 heteroatoms. The van der Waals surface area contributed by atoms with Crippen molar-refractivity contribution in [2.75, 3.05) is 43.8 Å². The molecule has 0 amide bonds. The number of fused-ring (bicyclic) bond motifs is 1. The Bertz CT molecular complexity index is 1180. The van der Waals surface area contributed by atoms with Crippen LogP contribution in [0.3, 0.4) is 0 Å². The van der Waals surface area contributed by atoms with Gasteiger partial charge in [0.15, 0.2) is 0 Å². The number of rotatable bonds is 10. The zero-order valence-electron chi connectivity index (χ0n) is 18.7. The second-order valence-electron chi connectivity index (χ2n) is 7.40. The second-order valence-corrected chi connectivity index (χ2v) is 8.76. The monoisotopic (exact) mass is 472 g/mol. The highest BCUT2D eigenvalue weighted by Crippen LogP contribution is 2.30. The van der Waals surface area contributed by atoms with E-state index >= 15 is 0 Å². The highest BCUT2D eigenvalue weighted by molar-refractivity contribution is 7.19. The first kappa shape index (κ1) is 24.0. The van der Waals surface area contributed by atoms with E-state index in [2.05, 4.69) is 16.0 Å². The van der Waals surface area contributed by atoms with E-state index in [1.54, 1.807) is 18.0 Å². The van der Waals surface area contributed by atoms with Crippen LogP contribution in [-0.2, 0) is 4.74 Å². The highest BCUT2D eigenvalue weighted by atomic mass is 35.5. The molecule has 32 heavy (non-hydrogen) atoms. The van der Waals surface area contributed by atoms with E-state index in [9.17, 15) is 4.79 Å². The third-order valence-electron chi connectivity index (χ3n) is 5.24. The predicted octanol–water partition coefficient (Wildman–Crippen LogP) is 5.09. The molecule has 0 bridgehead atoms. The molecule has 0 atom stereocenters. The molecule has 2 N–H and O–H groups in total. The number of nitrogens with two attached hydrogens (primary N) is 1. The normalized spacial score (nSPS) is 12.2. The molecule has 3 aromatic rings. The lowest BCUT2D eigenvalue weighted by molar-refractivity contribution is 0.196. The largest absolute Gasteiger partial charge is 0.397 e. The first-order chi connectivity index (χ1) is 15.5. The Labute approximate surface area is 197 Å². The topological polar surface area (TPSA) is 73.4 Å². The van der Waals surface area contributed by atoms with Crippen LogP contribution in [0.2, 0.25) is 0 Å². The van der Waals surface area contributed by atoms with Crippen LogP contribution in [0.15, 0.2) is 53.6 Å². The van der Waals surface area contributed by atoms with Crippen LogP contribution < -0.4 is 16.2 Å². The fraction of sp³-hybridized carbons (Fsp3) is 0.333. The van der Waals surface area contributed by atoms with Crippen LogP contribution in [-0.4, -0.2) is 42.7 Å². The van der Waals surface area contributed by atoms with E-state index < -0.39 is 0 Å². The number of hydrogen-bond donors (Lipinski definition) is 1. The van der Waals surface area contributed by atoms with Gasteiger partial charge >= 0.3 is 0 Å². The van der Waals surface area contributed by atoms with E-state index in [1.807, 2.05) is 50.4 Å². The molecule has 0 spiro atoms. The van der Waals surface area contributed by atoms with E-state index in [0.29, 0.717) is 34.1 Å². The first-order valence-electron chi connectivity index (χ1n) is 10.5. The summed E-state index contributed by atoms with van der Waals surface area (Å²) in [7, 11) is 3.69. The number of thiophene rings is 1. The van der Waals surface area contributed by atoms with E-state index in [1.165, 1.54) is 11.3 Å². The Balaban J connectivity index is 1.91. The van der Waals surface area contributed by atoms with Gasteiger partial charge in [-0.2, -0.15) is 0 Å². The fourth-order valence-electron chi connectivity index (χ4n) is 3.49. The van der Waals surface area contributed by atoms with Crippen molar-refractivity contribution in [3.05, 3.63) is 64.1 Å². The number of halogens is 1. The average molecular weight is 473 g/mol. The van der Waals surface area contributed by atoms with Gasteiger partial charge in [-0.05, 0) is 49.6 Å². The number of benzene rings is 1. The summed E-state index contributed by atoms with van der Waals surface area (Å²) in [5, 5.41) is 0. The molecule has 3 rings (SSSR count). The molecule has 0 radical (unpaired) electrons. The van der Waals surface area contributed by atoms with Crippen molar-refractivity contribution in [1.29, 1.82) is 0 Å². The molecule has 1 aromatic carbocycles. The van der Waals surface area contributed by atoms with Gasteiger partial charge in [0, 0.05) is 38.1 Å². The quantitative estimate of drug-likeness (QED) is 0.192. The number of nitrogens with zero attached hydrogens (tertiary/aromatic N) is 3. The van der Waals surface area contributed by atoms with Gasteiger partial charge in [0.2, 0.25) is 0 Å². The average Bonchev–Trinajstić information content (AvgIpc) is 3.22. The molecular weight excluding hydrogens is 444 g/mol. The summed E-state index contributed by atoms with van der Waals surface area (Å²) >= 11 is 7.19. The predicted molar refractivity (Wildman–Crippen MR) is 138 cm³/mol. The third kappa shape index (κ3) is 5.41. The van der Waals surface area contributed by atoms with Gasteiger partial charge in [0.25, 0.3) is 5.56 Å². The summed E-state index contributed by atoms with van der Waals surface area (Å²) in [6.07, 6.45) is 9.26. The Morgan fingerprint density at radius 3 is 2.84 bits per heavy atom. The van der Waals surface area contributed by atoms with Crippen LogP contribution in [0.4, 0.5) is 11.4 Å². The molecule has 0 fully saturated rings. The summed E-state index contributed by atoms with van der Waals surface area (Å²) < 4.78 is 7.30. The number of allylic oxidation sites excluding steroid dienone is 4. The Kier molecular flexibility index (Phi) is 8.50. The number of ether oxygens (including phenoxy) is 1. The maximum atomic E-state index is 13.2. The van der Waals surface area contributed by atoms with Gasteiger partial charge in [-0.3, -0.25) is 9.36 Å². The Morgan fingerprint density at radius 1 is 1.34 bits per heavy atom. The fourth-order valence-corrected chi connectivity index (χ4v) is 4.74. The molecule has 0 saturated heterocycles. The minimum Gasteiger partial charge on any atom is -0.397 e. The third-order valence-corrected chi connectivity index (χ3v) is 6.60. The summed E-state index contributed by atoms with van der Waals surface area (Å²) in [4.78, 5) is 20.9. The van der Waals surface area contributed by atoms with Crippen molar-refractivity contribution < 1.29 is 4.74 Å². The Morgan fingerprint density at radius 2 is 2.16 bits per heavy atom. The molecule has 6 nitrogen and oxygen atoms in total. The number of alkyl halides is 1. The van der Waals surface area contributed by atoms with Crippen LogP contribution in [0.1, 0.15) is 24.6 Å². The minimum atomic E-state index is -0.0985. The van der Waals surface area contributed by atoms with Crippen molar-refractivity contribution in [2.45, 2.75) is 19.8 Å². The summed E-state index contributed by atoms with van der Waals surface area (Å²) in [6.45, 7) is 3.52. The molecular formula is C24H29ClN4O2S. The van der Waals surface area contributed by atoms with Gasteiger partial charge in [-0.25, -0.2) is 4.98 Å². The Hall–Kier alpha value is -2.61. The maximum absolute atomic E-state index is 13.2. The number of aromatic nitrogens is 2. The first-order valence-corrected chi connectivity index (χ1v) is 11.8. The molecule has 0 aliphatic carbocycles. The summed E-state index contributed by atoms with van der Waals surface area (Å²) in [6, 6.07) is 7.63. The molecule has 0 aliphatic heterocycles. The van der Waals surface area contributed by atoms with Crippen molar-refractivity contribution in [3.8, 4) is 5.69 Å². The minimum absolute atomic E-state index is 0.0985. The molecule has 2 aromatic heterocycles. The lowest BCUT2D eigenvalue weighted by Gasteiger charge is -2.21. The molecule has 170 valence electrons. The van der Waals surface area contributed by atoms with Gasteiger partial charge < -0.3 is 15.4 Å². The number of nitrogen functional groups attached to an aromatic ring is 1. The van der Waals surface area contributed by atoms with Crippen molar-refractivity contribution in [2.24, 2.45) is 0 Å². The lowest BCUT2D eigenvalue weighted by Crippen LogP contribution is -2.22. The number of anilines is 2. The SMILES string of the molecule is C/C=C(\C/C=C\CCl)c1cc2ncn(-c3ccc(N(C)CCCOC)c(N)c3)c(=O)c2s1. The van der Waals surface area contributed by atoms with Crippen molar-refractivity contribution in [1.82, 2.24) is 9.55 Å². The van der Waals surface area contributed by atoms with Crippen LogP contribution in [0, 0.1) is 0 Å². The van der Waals surface area contributed by atoms with Gasteiger partial charge in [-0.1, -0.05) is 18.2 Å². The zero-order chi connectivity index (χ0) is 23.1. The van der Waals surface area contributed by atoms with Crippen molar-refractivity contribution in [3.63, 3.8) is 0 Å². The number of hydrogen-bond acceptors (Lipinski definition) is 6. The number of methoxy groups -OCH3 is 1. The van der Waals surface area contributed by atoms with Crippen LogP contribution >= 0.6 is 22.9 Å². The van der Waals surface area contributed by atoms with Crippen LogP contribution in [0.5, 0.6) is 0 Å². The summed E-state index contributed by atoms with van der Waals surface area (Å²) in [5.74, 6) is 0.487. The van der Waals surface area contributed by atoms with Gasteiger partial charge in [-0.15, -0.1) is 22.9 Å². The molecule has 0 saturated carbocycles. The van der Waals surface area contributed by atoms with E-state index in [0.717, 1.165) is 35.5 Å². The maximum Gasteiger partial charge on any atom is 0.275 e. The second kappa shape index (κ2) is 11.3. The smallest absolute Gasteiger partial charge is 0.275 e. The van der Waals surface area contributed by atoms with E-state index in [4.69, 9.17) is 22.1 Å². The standard InChI is InChI=1S/C24H29ClN4O2S/c1-4-17(8-5-6-11-25)22-15-20-23(32-22)24(30)29(16-27-20)18-9-10-21(19(26)14-18)28(2)12-7-13-31-3/h4-6,9-10,14-16H,7-8,11-13,26H2,1-3H3/b6-5-,17-4+. The zero-order valence-corrected chi connectivity index (χ0v) is 20.2. The van der Waals surface area contributed by atoms with Gasteiger partial charge in [0.1, 0.15) is 11.0 Å². The molecule has 0 aliphatic rings. The lowest BCUT2D eigenvalue weighted by atomic mass is 10.1. The molecule has 0 unspecified atom stereocenters. The molecule has 2 heterocycles. The highest BCUT2D eigenvalue weighted by Gasteiger charge is 2.13. The van der Waals surface area contributed by atoms with Gasteiger partial charge in [0.05, 0.1) is 22.6 Å². The summed E-state index contributed by atoms with van der Waals surface area (Å²) in [5.41, 5.74) is 10.3. The van der Waals surface area contributed by atoms with Crippen LogP contribution in [0.25, 0.3) is 21.5 Å².